The van der Waals surface area contributed by atoms with Crippen LogP contribution in [0.2, 0.25) is 0 Å². The predicted molar refractivity (Wildman–Crippen MR) is 90.5 cm³/mol. The van der Waals surface area contributed by atoms with Gasteiger partial charge in [-0.2, -0.15) is 10.1 Å². The van der Waals surface area contributed by atoms with Crippen molar-refractivity contribution in [3.05, 3.63) is 51.8 Å². The molecule has 3 aromatic rings. The van der Waals surface area contributed by atoms with Crippen molar-refractivity contribution < 1.29 is 14.1 Å². The van der Waals surface area contributed by atoms with Crippen LogP contribution in [-0.4, -0.2) is 22.0 Å². The van der Waals surface area contributed by atoms with E-state index >= 15 is 0 Å². The minimum absolute atomic E-state index is 0.171. The summed E-state index contributed by atoms with van der Waals surface area (Å²) in [6.45, 7) is 3.34. The maximum atomic E-state index is 11.9. The Bertz CT molecular complexity index is 959. The van der Waals surface area contributed by atoms with Crippen LogP contribution in [-0.2, 0) is 4.79 Å². The normalized spacial score (nSPS) is 11.2. The first kappa shape index (κ1) is 15.8. The molecule has 8 nitrogen and oxygen atoms in total. The number of anilines is 1. The Morgan fingerprint density at radius 1 is 1.42 bits per heavy atom. The second kappa shape index (κ2) is 6.20. The fraction of sp³-hybridized carbons (Fsp3) is 0.133. The van der Waals surface area contributed by atoms with Crippen LogP contribution < -0.4 is 5.01 Å². The minimum Gasteiger partial charge on any atom is -0.400 e. The summed E-state index contributed by atoms with van der Waals surface area (Å²) in [6.07, 6.45) is 1.24. The first-order valence-corrected chi connectivity index (χ1v) is 7.72. The maximum Gasteiger partial charge on any atom is 0.433 e. The molecule has 0 spiro atoms. The molecular formula is C15H12N4O4S. The van der Waals surface area contributed by atoms with Gasteiger partial charge in [0, 0.05) is 6.92 Å². The lowest BCUT2D eigenvalue weighted by Gasteiger charge is -2.09. The molecule has 2 aromatic heterocycles. The second-order valence-electron chi connectivity index (χ2n) is 4.98. The van der Waals surface area contributed by atoms with Crippen molar-refractivity contribution in [2.45, 2.75) is 13.8 Å². The van der Waals surface area contributed by atoms with Crippen LogP contribution in [0.1, 0.15) is 18.2 Å². The summed E-state index contributed by atoms with van der Waals surface area (Å²) in [4.78, 5) is 26.2. The SMILES string of the molecule is CC(=O)N(/N=C/c1ccc([N+](=O)[O-])o1)c1nc2ccc(C)cc2s1. The number of fused-ring (bicyclic) bond motifs is 1. The van der Waals surface area contributed by atoms with Crippen molar-refractivity contribution in [1.29, 1.82) is 0 Å². The summed E-state index contributed by atoms with van der Waals surface area (Å²) >= 11 is 1.33. The van der Waals surface area contributed by atoms with Crippen LogP contribution in [0.4, 0.5) is 11.0 Å². The molecule has 0 saturated heterocycles. The molecule has 0 aliphatic rings. The predicted octanol–water partition coefficient (Wildman–Crippen LogP) is 3.49. The zero-order valence-corrected chi connectivity index (χ0v) is 13.6. The molecule has 9 heteroatoms. The molecule has 0 unspecified atom stereocenters. The van der Waals surface area contributed by atoms with Crippen molar-refractivity contribution in [3.63, 3.8) is 0 Å². The van der Waals surface area contributed by atoms with E-state index in [0.717, 1.165) is 20.8 Å². The molecule has 0 N–H and O–H groups in total. The molecule has 3 rings (SSSR count). The van der Waals surface area contributed by atoms with Gasteiger partial charge in [-0.3, -0.25) is 14.9 Å². The quantitative estimate of drug-likeness (QED) is 0.409. The Labute approximate surface area is 140 Å². The average molecular weight is 344 g/mol. The topological polar surface area (TPSA) is 102 Å². The standard InChI is InChI=1S/C15H12N4O4S/c1-9-3-5-12-13(7-9)24-15(17-12)18(10(2)20)16-8-11-4-6-14(23-11)19(21)22/h3-8H,1-2H3/b16-8+. The van der Waals surface area contributed by atoms with E-state index in [9.17, 15) is 14.9 Å². The van der Waals surface area contributed by atoms with Gasteiger partial charge in [0.25, 0.3) is 0 Å². The Kier molecular flexibility index (Phi) is 4.09. The van der Waals surface area contributed by atoms with E-state index in [-0.39, 0.29) is 17.6 Å². The molecule has 2 heterocycles. The summed E-state index contributed by atoms with van der Waals surface area (Å²) in [5.74, 6) is -0.547. The van der Waals surface area contributed by atoms with Gasteiger partial charge >= 0.3 is 5.88 Å². The number of carbonyl (C=O) groups is 1. The minimum atomic E-state index is -0.643. The van der Waals surface area contributed by atoms with Crippen LogP contribution in [0.3, 0.4) is 0 Å². The van der Waals surface area contributed by atoms with Gasteiger partial charge in [0.2, 0.25) is 11.0 Å². The maximum absolute atomic E-state index is 11.9. The zero-order chi connectivity index (χ0) is 17.3. The van der Waals surface area contributed by atoms with Gasteiger partial charge in [0.05, 0.1) is 22.5 Å². The molecule has 122 valence electrons. The lowest BCUT2D eigenvalue weighted by molar-refractivity contribution is -0.402. The number of rotatable bonds is 4. The zero-order valence-electron chi connectivity index (χ0n) is 12.8. The van der Waals surface area contributed by atoms with Crippen LogP contribution >= 0.6 is 11.3 Å². The van der Waals surface area contributed by atoms with E-state index in [0.29, 0.717) is 5.13 Å². The molecule has 0 aliphatic carbocycles. The first-order valence-electron chi connectivity index (χ1n) is 6.90. The Morgan fingerprint density at radius 2 is 2.21 bits per heavy atom. The number of benzene rings is 1. The van der Waals surface area contributed by atoms with Crippen molar-refractivity contribution >= 4 is 44.7 Å². The highest BCUT2D eigenvalue weighted by atomic mass is 32.1. The molecule has 0 aliphatic heterocycles. The number of hydrogen-bond acceptors (Lipinski definition) is 7. The number of aryl methyl sites for hydroxylation is 1. The van der Waals surface area contributed by atoms with Gasteiger partial charge < -0.3 is 4.42 Å². The van der Waals surface area contributed by atoms with E-state index in [1.165, 1.54) is 36.6 Å². The lowest BCUT2D eigenvalue weighted by Crippen LogP contribution is -2.22. The summed E-state index contributed by atoms with van der Waals surface area (Å²) in [7, 11) is 0. The second-order valence-corrected chi connectivity index (χ2v) is 5.99. The van der Waals surface area contributed by atoms with Crippen LogP contribution in [0.5, 0.6) is 0 Å². The highest BCUT2D eigenvalue weighted by molar-refractivity contribution is 7.22. The highest BCUT2D eigenvalue weighted by Gasteiger charge is 2.16. The number of nitro groups is 1. The number of carbonyl (C=O) groups excluding carboxylic acids is 1. The third-order valence-electron chi connectivity index (χ3n) is 3.11. The van der Waals surface area contributed by atoms with Gasteiger partial charge in [-0.15, -0.1) is 0 Å². The number of nitrogens with zero attached hydrogens (tertiary/aromatic N) is 4. The summed E-state index contributed by atoms with van der Waals surface area (Å²) in [5, 5.41) is 16.2. The van der Waals surface area contributed by atoms with Gasteiger partial charge in [0.15, 0.2) is 5.76 Å². The number of thiazole rings is 1. The molecule has 1 aromatic carbocycles. The fourth-order valence-corrected chi connectivity index (χ4v) is 3.07. The highest BCUT2D eigenvalue weighted by Crippen LogP contribution is 2.29. The molecule has 0 radical (unpaired) electrons. The molecule has 0 saturated carbocycles. The summed E-state index contributed by atoms with van der Waals surface area (Å²) in [5.41, 5.74) is 1.87. The van der Waals surface area contributed by atoms with E-state index in [4.69, 9.17) is 4.42 Å². The average Bonchev–Trinajstić information content (AvgIpc) is 3.13. The van der Waals surface area contributed by atoms with Gasteiger partial charge in [-0.1, -0.05) is 17.4 Å². The molecular weight excluding hydrogens is 332 g/mol. The van der Waals surface area contributed by atoms with Crippen molar-refractivity contribution in [2.75, 3.05) is 5.01 Å². The third-order valence-corrected chi connectivity index (χ3v) is 4.10. The van der Waals surface area contributed by atoms with E-state index in [2.05, 4.69) is 10.1 Å². The van der Waals surface area contributed by atoms with Crippen LogP contribution in [0, 0.1) is 17.0 Å². The van der Waals surface area contributed by atoms with Crippen molar-refractivity contribution in [2.24, 2.45) is 5.10 Å². The smallest absolute Gasteiger partial charge is 0.400 e. The van der Waals surface area contributed by atoms with Gasteiger partial charge in [-0.05, 0) is 30.7 Å². The summed E-state index contributed by atoms with van der Waals surface area (Å²) in [6, 6.07) is 8.42. The fourth-order valence-electron chi connectivity index (χ4n) is 2.00. The van der Waals surface area contributed by atoms with Crippen molar-refractivity contribution in [3.8, 4) is 0 Å². The van der Waals surface area contributed by atoms with E-state index in [1.54, 1.807) is 0 Å². The Balaban J connectivity index is 1.91. The first-order chi connectivity index (χ1) is 11.4. The summed E-state index contributed by atoms with van der Waals surface area (Å²) < 4.78 is 5.93. The Morgan fingerprint density at radius 3 is 2.88 bits per heavy atom. The molecule has 1 amide bonds. The molecule has 0 bridgehead atoms. The number of amides is 1. The monoisotopic (exact) mass is 344 g/mol. The molecule has 0 atom stereocenters. The lowest BCUT2D eigenvalue weighted by atomic mass is 10.2. The Hall–Kier alpha value is -3.07. The van der Waals surface area contributed by atoms with Crippen LogP contribution in [0.25, 0.3) is 10.2 Å². The molecule has 24 heavy (non-hydrogen) atoms. The number of furan rings is 1. The molecule has 0 fully saturated rings. The largest absolute Gasteiger partial charge is 0.433 e. The van der Waals surface area contributed by atoms with Crippen LogP contribution in [0.15, 0.2) is 39.9 Å². The third kappa shape index (κ3) is 3.15. The number of hydrazone groups is 1. The van der Waals surface area contributed by atoms with Crippen molar-refractivity contribution in [1.82, 2.24) is 4.98 Å². The number of aromatic nitrogens is 1. The van der Waals surface area contributed by atoms with E-state index in [1.807, 2.05) is 25.1 Å². The van der Waals surface area contributed by atoms with E-state index < -0.39 is 4.92 Å². The number of hydrogen-bond donors (Lipinski definition) is 0. The van der Waals surface area contributed by atoms with Gasteiger partial charge in [0.1, 0.15) is 4.92 Å². The van der Waals surface area contributed by atoms with Gasteiger partial charge in [-0.25, -0.2) is 4.98 Å².